The second-order valence-corrected chi connectivity index (χ2v) is 12.5. The summed E-state index contributed by atoms with van der Waals surface area (Å²) in [6.07, 6.45) is 1.15. The molecule has 6 rings (SSSR count). The minimum atomic E-state index is -1.31. The third-order valence-corrected chi connectivity index (χ3v) is 8.62. The first-order valence-electron chi connectivity index (χ1n) is 16.9. The number of ether oxygens (including phenoxy) is 3. The summed E-state index contributed by atoms with van der Waals surface area (Å²) < 4.78 is 17.3. The molecule has 2 fully saturated rings. The predicted octanol–water partition coefficient (Wildman–Crippen LogP) is 3.21. The van der Waals surface area contributed by atoms with Crippen molar-refractivity contribution in [3.63, 3.8) is 0 Å². The van der Waals surface area contributed by atoms with Crippen LogP contribution in [-0.2, 0) is 4.74 Å². The molecule has 52 heavy (non-hydrogen) atoms. The van der Waals surface area contributed by atoms with Crippen molar-refractivity contribution in [3.05, 3.63) is 118 Å². The Bertz CT molecular complexity index is 1980. The zero-order valence-corrected chi connectivity index (χ0v) is 29.0. The van der Waals surface area contributed by atoms with E-state index >= 15 is 0 Å². The molecular weight excluding hydrogens is 668 g/mol. The molecule has 0 aliphatic heterocycles. The van der Waals surface area contributed by atoms with Crippen LogP contribution in [-0.4, -0.2) is 78.8 Å². The van der Waals surface area contributed by atoms with Crippen LogP contribution in [0.4, 0.5) is 0 Å². The van der Waals surface area contributed by atoms with Gasteiger partial charge in [-0.2, -0.15) is 0 Å². The fourth-order valence-electron chi connectivity index (χ4n) is 5.54. The van der Waals surface area contributed by atoms with Gasteiger partial charge >= 0.3 is 0 Å². The fourth-order valence-corrected chi connectivity index (χ4v) is 5.54. The van der Waals surface area contributed by atoms with Crippen LogP contribution < -0.4 is 30.7 Å². The maximum atomic E-state index is 13.7. The molecule has 5 N–H and O–H groups in total. The van der Waals surface area contributed by atoms with Gasteiger partial charge in [0.1, 0.15) is 41.8 Å². The molecule has 2 saturated carbocycles. The van der Waals surface area contributed by atoms with Crippen molar-refractivity contribution in [2.45, 2.75) is 50.0 Å². The summed E-state index contributed by atoms with van der Waals surface area (Å²) in [6.45, 7) is -0.387. The highest BCUT2D eigenvalue weighted by molar-refractivity contribution is 5.99. The third-order valence-electron chi connectivity index (χ3n) is 8.62. The number of para-hydroxylation sites is 2. The van der Waals surface area contributed by atoms with E-state index < -0.39 is 29.9 Å². The van der Waals surface area contributed by atoms with Crippen LogP contribution >= 0.6 is 0 Å². The highest BCUT2D eigenvalue weighted by Gasteiger charge is 2.29. The first kappa shape index (κ1) is 35.9. The van der Waals surface area contributed by atoms with E-state index in [-0.39, 0.29) is 58.6 Å². The Kier molecular flexibility index (Phi) is 11.1. The lowest BCUT2D eigenvalue weighted by Crippen LogP contribution is -2.31. The lowest BCUT2D eigenvalue weighted by Gasteiger charge is -2.22. The summed E-state index contributed by atoms with van der Waals surface area (Å²) >= 11 is 0. The zero-order valence-electron chi connectivity index (χ0n) is 29.0. The molecule has 0 radical (unpaired) electrons. The van der Waals surface area contributed by atoms with Crippen molar-refractivity contribution in [1.29, 1.82) is 0 Å². The van der Waals surface area contributed by atoms with E-state index in [2.05, 4.69) is 31.2 Å². The quantitative estimate of drug-likeness (QED) is 0.115. The topological polar surface area (TPSA) is 190 Å². The number of rotatable bonds is 15. The first-order valence-corrected chi connectivity index (χ1v) is 16.9. The molecule has 270 valence electrons. The number of carbonyl (C=O) groups is 4. The molecule has 14 nitrogen and oxygen atoms in total. The highest BCUT2D eigenvalue weighted by Crippen LogP contribution is 2.33. The number of carbonyl (C=O) groups excluding carboxylic acids is 4. The molecule has 2 heterocycles. The maximum absolute atomic E-state index is 13.7. The van der Waals surface area contributed by atoms with Crippen LogP contribution in [0.3, 0.4) is 0 Å². The van der Waals surface area contributed by atoms with Crippen molar-refractivity contribution in [1.82, 2.24) is 31.2 Å². The number of nitrogens with one attached hydrogen (secondary N) is 4. The summed E-state index contributed by atoms with van der Waals surface area (Å²) in [5.41, 5.74) is 1.45. The first-order chi connectivity index (χ1) is 25.2. The zero-order chi connectivity index (χ0) is 36.8. The second kappa shape index (κ2) is 16.0. The summed E-state index contributed by atoms with van der Waals surface area (Å²) in [7, 11) is 4.43. The van der Waals surface area contributed by atoms with Gasteiger partial charge in [0.15, 0.2) is 0 Å². The normalized spacial score (nSPS) is 14.8. The molecule has 0 saturated heterocycles. The Morgan fingerprint density at radius 3 is 1.77 bits per heavy atom. The van der Waals surface area contributed by atoms with Gasteiger partial charge in [-0.3, -0.25) is 19.2 Å². The van der Waals surface area contributed by atoms with Gasteiger partial charge in [-0.15, -0.1) is 0 Å². The number of pyridine rings is 2. The van der Waals surface area contributed by atoms with E-state index in [1.54, 1.807) is 48.5 Å². The van der Waals surface area contributed by atoms with E-state index in [1.165, 1.54) is 45.5 Å². The molecular formula is C38H40N6O8. The number of amides is 4. The highest BCUT2D eigenvalue weighted by atomic mass is 16.5. The van der Waals surface area contributed by atoms with Crippen molar-refractivity contribution in [2.24, 2.45) is 0 Å². The fraction of sp³-hybridized carbons (Fsp3) is 0.316. The van der Waals surface area contributed by atoms with E-state index in [1.807, 2.05) is 0 Å². The molecule has 0 spiro atoms. The molecule has 0 bridgehead atoms. The number of hydrogen-bond acceptors (Lipinski definition) is 10. The second-order valence-electron chi connectivity index (χ2n) is 12.5. The Morgan fingerprint density at radius 2 is 1.21 bits per heavy atom. The minimum Gasteiger partial charge on any atom is -0.496 e. The number of aliphatic hydroxyl groups excluding tert-OH is 1. The molecule has 2 aliphatic carbocycles. The van der Waals surface area contributed by atoms with E-state index in [0.29, 0.717) is 22.6 Å². The molecule has 14 heteroatoms. The lowest BCUT2D eigenvalue weighted by molar-refractivity contribution is 0.0533. The van der Waals surface area contributed by atoms with E-state index in [0.717, 1.165) is 25.7 Å². The smallest absolute Gasteiger partial charge is 0.271 e. The number of aromatic nitrogens is 2. The molecule has 2 aliphatic rings. The number of methoxy groups -OCH3 is 2. The molecule has 2 atom stereocenters. The number of aliphatic hydroxyl groups is 1. The van der Waals surface area contributed by atoms with Crippen LogP contribution in [0.25, 0.3) is 0 Å². The number of nitrogens with zero attached hydrogens (tertiary/aromatic N) is 2. The lowest BCUT2D eigenvalue weighted by atomic mass is 10.0. The van der Waals surface area contributed by atoms with Crippen LogP contribution in [0.2, 0.25) is 0 Å². The van der Waals surface area contributed by atoms with Gasteiger partial charge in [0.05, 0.1) is 25.6 Å². The third kappa shape index (κ3) is 8.53. The SMILES string of the molecule is CNC(=O)c1cc(C(=O)NC2CC2)cc([C@@H](OCNC(=O)c2cc(C(=O)NC3CC3)cc([C@H](O)c3ccccc3OC)n2)c2ccccc2OC)n1. The summed E-state index contributed by atoms with van der Waals surface area (Å²) in [5, 5.41) is 22.4. The van der Waals surface area contributed by atoms with Crippen molar-refractivity contribution >= 4 is 23.6 Å². The van der Waals surface area contributed by atoms with Gasteiger partial charge in [-0.05, 0) is 62.1 Å². The van der Waals surface area contributed by atoms with Gasteiger partial charge in [-0.1, -0.05) is 36.4 Å². The molecule has 2 aromatic heterocycles. The van der Waals surface area contributed by atoms with Crippen LogP contribution in [0.15, 0.2) is 72.8 Å². The summed E-state index contributed by atoms with van der Waals surface area (Å²) in [6, 6.07) is 19.7. The standard InChI is InChI=1S/C38H40N6O8/c1-39-37(48)29-18-22(36(47)42-24-14-15-24)17-28(44-29)34(26-9-5-7-11-32(26)51-3)52-20-40-38(49)30-19-21(35(46)41-23-12-13-23)16-27(43-30)33(45)25-8-4-6-10-31(25)50-2/h4-11,16-19,23-24,33-34,45H,12-15,20H2,1-3H3,(H,39,48)(H,40,49)(H,41,46)(H,42,47)/t33-,34+/m1/s1. The summed E-state index contributed by atoms with van der Waals surface area (Å²) in [5.74, 6) is -1.09. The Morgan fingerprint density at radius 1 is 0.712 bits per heavy atom. The molecule has 4 amide bonds. The van der Waals surface area contributed by atoms with Crippen molar-refractivity contribution in [2.75, 3.05) is 28.0 Å². The van der Waals surface area contributed by atoms with E-state index in [9.17, 15) is 24.3 Å². The monoisotopic (exact) mass is 708 g/mol. The van der Waals surface area contributed by atoms with Gasteiger partial charge in [0.25, 0.3) is 23.6 Å². The molecule has 0 unspecified atom stereocenters. The summed E-state index contributed by atoms with van der Waals surface area (Å²) in [4.78, 5) is 61.7. The number of hydrogen-bond donors (Lipinski definition) is 5. The van der Waals surface area contributed by atoms with Gasteiger partial charge in [0.2, 0.25) is 0 Å². The van der Waals surface area contributed by atoms with Crippen LogP contribution in [0, 0.1) is 0 Å². The Labute approximate surface area is 300 Å². The average molecular weight is 709 g/mol. The van der Waals surface area contributed by atoms with Crippen LogP contribution in [0.5, 0.6) is 11.5 Å². The van der Waals surface area contributed by atoms with Crippen molar-refractivity contribution < 1.29 is 38.5 Å². The predicted molar refractivity (Wildman–Crippen MR) is 188 cm³/mol. The van der Waals surface area contributed by atoms with Gasteiger partial charge in [-0.25, -0.2) is 9.97 Å². The van der Waals surface area contributed by atoms with Gasteiger partial charge in [0, 0.05) is 41.4 Å². The Balaban J connectivity index is 1.30. The van der Waals surface area contributed by atoms with Crippen molar-refractivity contribution in [3.8, 4) is 11.5 Å². The maximum Gasteiger partial charge on any atom is 0.271 e. The minimum absolute atomic E-state index is 0.0000957. The van der Waals surface area contributed by atoms with E-state index in [4.69, 9.17) is 14.2 Å². The Hall–Kier alpha value is -5.86. The average Bonchev–Trinajstić information content (AvgIpc) is 4.13. The largest absolute Gasteiger partial charge is 0.496 e. The van der Waals surface area contributed by atoms with Crippen LogP contribution in [0.1, 0.15) is 102 Å². The molecule has 4 aromatic rings. The molecule has 2 aromatic carbocycles. The van der Waals surface area contributed by atoms with Gasteiger partial charge < -0.3 is 40.6 Å². The number of benzene rings is 2.